The number of piperazine rings is 1. The number of carbonyl (C=O) groups excluding carboxylic acids is 2. The number of hydrogen-bond donors (Lipinski definition) is 1. The van der Waals surface area contributed by atoms with Gasteiger partial charge in [0.2, 0.25) is 5.91 Å². The molecule has 3 heterocycles. The van der Waals surface area contributed by atoms with Crippen LogP contribution in [0, 0.1) is 4.77 Å². The summed E-state index contributed by atoms with van der Waals surface area (Å²) >= 11 is 5.38. The first-order valence-corrected chi connectivity index (χ1v) is 12.4. The molecule has 2 aromatic rings. The van der Waals surface area contributed by atoms with Gasteiger partial charge in [-0.2, -0.15) is 0 Å². The van der Waals surface area contributed by atoms with Gasteiger partial charge in [0.25, 0.3) is 11.5 Å². The summed E-state index contributed by atoms with van der Waals surface area (Å²) in [5.74, 6) is 0.115. The molecule has 2 fully saturated rings. The second-order valence-electron chi connectivity index (χ2n) is 9.00. The van der Waals surface area contributed by atoms with Gasteiger partial charge in [-0.25, -0.2) is 0 Å². The first-order valence-electron chi connectivity index (χ1n) is 12.0. The van der Waals surface area contributed by atoms with Gasteiger partial charge in [-0.3, -0.25) is 23.9 Å². The number of likely N-dealkylation sites (tertiary alicyclic amines) is 1. The van der Waals surface area contributed by atoms with E-state index >= 15 is 0 Å². The van der Waals surface area contributed by atoms with Gasteiger partial charge in [0.1, 0.15) is 0 Å². The lowest BCUT2D eigenvalue weighted by Crippen LogP contribution is -2.52. The van der Waals surface area contributed by atoms with Crippen molar-refractivity contribution in [2.75, 3.05) is 59.5 Å². The summed E-state index contributed by atoms with van der Waals surface area (Å²) in [7, 11) is 1.62. The van der Waals surface area contributed by atoms with E-state index in [9.17, 15) is 14.4 Å². The smallest absolute Gasteiger partial charge is 0.262 e. The molecule has 184 valence electrons. The van der Waals surface area contributed by atoms with Gasteiger partial charge < -0.3 is 19.5 Å². The Balaban J connectivity index is 1.39. The van der Waals surface area contributed by atoms with Crippen molar-refractivity contribution in [2.24, 2.45) is 0 Å². The number of fused-ring (bicyclic) bond motifs is 1. The molecule has 34 heavy (non-hydrogen) atoms. The van der Waals surface area contributed by atoms with Crippen molar-refractivity contribution in [3.8, 4) is 0 Å². The van der Waals surface area contributed by atoms with Crippen molar-refractivity contribution < 1.29 is 14.3 Å². The van der Waals surface area contributed by atoms with Crippen LogP contribution < -0.4 is 5.56 Å². The predicted octanol–water partition coefficient (Wildman–Crippen LogP) is 1.87. The molecule has 2 amide bonds. The van der Waals surface area contributed by atoms with Crippen LogP contribution in [-0.4, -0.2) is 95.6 Å². The number of aromatic nitrogens is 2. The van der Waals surface area contributed by atoms with Gasteiger partial charge in [0, 0.05) is 65.1 Å². The van der Waals surface area contributed by atoms with E-state index in [1.807, 2.05) is 9.80 Å². The molecule has 1 aromatic heterocycles. The van der Waals surface area contributed by atoms with Gasteiger partial charge in [-0.15, -0.1) is 0 Å². The minimum absolute atomic E-state index is 0.0764. The van der Waals surface area contributed by atoms with E-state index < -0.39 is 0 Å². The summed E-state index contributed by atoms with van der Waals surface area (Å²) in [5.41, 5.74) is 0.919. The van der Waals surface area contributed by atoms with E-state index in [0.717, 1.165) is 25.9 Å². The standard InChI is InChI=1S/C24H33N5O4S/c1-33-15-5-10-29-23(32)19-7-6-18(16-20(19)25-24(29)34)22(31)28-13-11-26(12-14-28)17-21(30)27-8-3-2-4-9-27/h6-7,16H,2-5,8-15,17H2,1H3,(H,25,34). The summed E-state index contributed by atoms with van der Waals surface area (Å²) in [6, 6.07) is 5.10. The van der Waals surface area contributed by atoms with Crippen LogP contribution in [0.1, 0.15) is 36.0 Å². The molecule has 0 unspecified atom stereocenters. The molecule has 4 rings (SSSR count). The highest BCUT2D eigenvalue weighted by molar-refractivity contribution is 7.71. The average molecular weight is 488 g/mol. The van der Waals surface area contributed by atoms with Gasteiger partial charge >= 0.3 is 0 Å². The molecule has 0 aliphatic carbocycles. The fourth-order valence-electron chi connectivity index (χ4n) is 4.68. The molecule has 9 nitrogen and oxygen atoms in total. The molecule has 1 N–H and O–H groups in total. The number of methoxy groups -OCH3 is 1. The second kappa shape index (κ2) is 11.2. The summed E-state index contributed by atoms with van der Waals surface area (Å²) in [4.78, 5) is 47.5. The largest absolute Gasteiger partial charge is 0.385 e. The van der Waals surface area contributed by atoms with Gasteiger partial charge in [0.05, 0.1) is 17.4 Å². The van der Waals surface area contributed by atoms with Crippen LogP contribution in [0.15, 0.2) is 23.0 Å². The van der Waals surface area contributed by atoms with Crippen LogP contribution in [0.25, 0.3) is 10.9 Å². The molecule has 2 aliphatic rings. The monoisotopic (exact) mass is 487 g/mol. The summed E-state index contributed by atoms with van der Waals surface area (Å²) in [6.07, 6.45) is 4.07. The van der Waals surface area contributed by atoms with Crippen LogP contribution in [0.4, 0.5) is 0 Å². The van der Waals surface area contributed by atoms with E-state index in [0.29, 0.717) is 73.5 Å². The third kappa shape index (κ3) is 5.56. The first kappa shape index (κ1) is 24.6. The third-order valence-corrected chi connectivity index (χ3v) is 7.01. The van der Waals surface area contributed by atoms with Gasteiger partial charge in [-0.05, 0) is 56.1 Å². The van der Waals surface area contributed by atoms with Crippen LogP contribution in [0.5, 0.6) is 0 Å². The molecule has 0 radical (unpaired) electrons. The van der Waals surface area contributed by atoms with Crippen molar-refractivity contribution in [3.63, 3.8) is 0 Å². The Morgan fingerprint density at radius 2 is 1.76 bits per heavy atom. The van der Waals surface area contributed by atoms with Gasteiger partial charge in [0.15, 0.2) is 4.77 Å². The first-order chi connectivity index (χ1) is 16.5. The number of ether oxygens (including phenoxy) is 1. The lowest BCUT2D eigenvalue weighted by molar-refractivity contribution is -0.133. The average Bonchev–Trinajstić information content (AvgIpc) is 2.86. The number of H-pyrrole nitrogens is 1. The summed E-state index contributed by atoms with van der Waals surface area (Å²) in [6.45, 7) is 5.66. The Bertz CT molecular complexity index is 1150. The van der Waals surface area contributed by atoms with Crippen LogP contribution in [-0.2, 0) is 16.1 Å². The molecule has 1 aromatic carbocycles. The summed E-state index contributed by atoms with van der Waals surface area (Å²) < 4.78 is 6.93. The number of benzene rings is 1. The minimum atomic E-state index is -0.166. The van der Waals surface area contributed by atoms with Crippen LogP contribution >= 0.6 is 12.2 Å². The van der Waals surface area contributed by atoms with Gasteiger partial charge in [-0.1, -0.05) is 0 Å². The number of rotatable bonds is 7. The molecule has 10 heteroatoms. The number of nitrogens with zero attached hydrogens (tertiary/aromatic N) is 4. The van der Waals surface area contributed by atoms with Crippen molar-refractivity contribution in [3.05, 3.63) is 38.9 Å². The topological polar surface area (TPSA) is 90.9 Å². The maximum atomic E-state index is 13.1. The molecule has 2 aliphatic heterocycles. The molecule has 2 saturated heterocycles. The lowest BCUT2D eigenvalue weighted by Gasteiger charge is -2.36. The normalized spacial score (nSPS) is 17.3. The van der Waals surface area contributed by atoms with Crippen molar-refractivity contribution in [1.82, 2.24) is 24.3 Å². The second-order valence-corrected chi connectivity index (χ2v) is 9.39. The highest BCUT2D eigenvalue weighted by Gasteiger charge is 2.25. The van der Waals surface area contributed by atoms with E-state index in [-0.39, 0.29) is 17.4 Å². The van der Waals surface area contributed by atoms with E-state index in [1.54, 1.807) is 25.3 Å². The number of carbonyl (C=O) groups is 2. The number of nitrogens with one attached hydrogen (secondary N) is 1. The zero-order valence-corrected chi connectivity index (χ0v) is 20.6. The maximum absolute atomic E-state index is 13.1. The Morgan fingerprint density at radius 3 is 2.47 bits per heavy atom. The SMILES string of the molecule is COCCCn1c(=S)[nH]c2cc(C(=O)N3CCN(CC(=O)N4CCCCC4)CC3)ccc2c1=O. The quantitative estimate of drug-likeness (QED) is 0.474. The fraction of sp³-hybridized carbons (Fsp3) is 0.583. The molecule has 0 atom stereocenters. The van der Waals surface area contributed by atoms with Crippen molar-refractivity contribution >= 4 is 34.9 Å². The number of piperidine rings is 1. The van der Waals surface area contributed by atoms with Crippen LogP contribution in [0.3, 0.4) is 0 Å². The van der Waals surface area contributed by atoms with Crippen molar-refractivity contribution in [2.45, 2.75) is 32.2 Å². The number of hydrogen-bond acceptors (Lipinski definition) is 6. The molecule has 0 spiro atoms. The van der Waals surface area contributed by atoms with Crippen LogP contribution in [0.2, 0.25) is 0 Å². The third-order valence-electron chi connectivity index (χ3n) is 6.69. The van der Waals surface area contributed by atoms with E-state index in [1.165, 1.54) is 11.0 Å². The molecular weight excluding hydrogens is 454 g/mol. The molecule has 0 bridgehead atoms. The predicted molar refractivity (Wildman–Crippen MR) is 133 cm³/mol. The van der Waals surface area contributed by atoms with E-state index in [2.05, 4.69) is 9.88 Å². The Labute approximate surface area is 204 Å². The Hall–Kier alpha value is -2.56. The molecule has 0 saturated carbocycles. The lowest BCUT2D eigenvalue weighted by atomic mass is 10.1. The fourth-order valence-corrected chi connectivity index (χ4v) is 4.97. The number of amides is 2. The molecular formula is C24H33N5O4S. The Kier molecular flexibility index (Phi) is 8.12. The highest BCUT2D eigenvalue weighted by atomic mass is 32.1. The minimum Gasteiger partial charge on any atom is -0.385 e. The zero-order chi connectivity index (χ0) is 24.1. The summed E-state index contributed by atoms with van der Waals surface area (Å²) in [5, 5.41) is 0.503. The number of aromatic amines is 1. The highest BCUT2D eigenvalue weighted by Crippen LogP contribution is 2.15. The zero-order valence-electron chi connectivity index (χ0n) is 19.8. The maximum Gasteiger partial charge on any atom is 0.262 e. The van der Waals surface area contributed by atoms with Crippen molar-refractivity contribution in [1.29, 1.82) is 0 Å². The van der Waals surface area contributed by atoms with E-state index in [4.69, 9.17) is 17.0 Å². The Morgan fingerprint density at radius 1 is 1.03 bits per heavy atom.